The molecule has 184 valence electrons. The highest BCUT2D eigenvalue weighted by Crippen LogP contribution is 2.45. The summed E-state index contributed by atoms with van der Waals surface area (Å²) in [5.41, 5.74) is 9.87. The molecule has 2 unspecified atom stereocenters. The zero-order valence-electron chi connectivity index (χ0n) is 21.1. The Hall–Kier alpha value is -3.92. The fraction of sp³-hybridized carbons (Fsp3) is 0.273. The molecule has 0 saturated carbocycles. The van der Waals surface area contributed by atoms with Gasteiger partial charge in [-0.05, 0) is 77.6 Å². The van der Waals surface area contributed by atoms with Crippen LogP contribution >= 0.6 is 0 Å². The maximum absolute atomic E-state index is 13.5. The summed E-state index contributed by atoms with van der Waals surface area (Å²) in [4.78, 5) is 20.2. The Morgan fingerprint density at radius 1 is 0.919 bits per heavy atom. The number of rotatable bonds is 3. The van der Waals surface area contributed by atoms with E-state index in [1.54, 1.807) is 0 Å². The maximum atomic E-state index is 13.5. The number of ether oxygens (including phenoxy) is 1. The smallest absolute Gasteiger partial charge is 0.410 e. The first-order chi connectivity index (χ1) is 18.2. The molecule has 0 radical (unpaired) electrons. The molecule has 0 spiro atoms. The number of carbonyl (C=O) groups excluding carboxylic acids is 1. The number of piperidine rings is 1. The molecule has 1 amide bonds. The molecule has 7 rings (SSSR count). The highest BCUT2D eigenvalue weighted by atomic mass is 16.6. The molecule has 3 aromatic carbocycles. The summed E-state index contributed by atoms with van der Waals surface area (Å²) >= 11 is 0. The monoisotopic (exact) mass is 486 g/mol. The van der Waals surface area contributed by atoms with Crippen LogP contribution in [0.3, 0.4) is 0 Å². The van der Waals surface area contributed by atoms with E-state index in [0.717, 1.165) is 31.2 Å². The van der Waals surface area contributed by atoms with Gasteiger partial charge in [0.05, 0.1) is 11.6 Å². The summed E-state index contributed by atoms with van der Waals surface area (Å²) in [5.74, 6) is 0.0832. The second-order valence-electron chi connectivity index (χ2n) is 10.6. The van der Waals surface area contributed by atoms with Crippen molar-refractivity contribution in [2.45, 2.75) is 50.6 Å². The van der Waals surface area contributed by atoms with Crippen LogP contribution in [0.4, 0.5) is 4.79 Å². The Kier molecular flexibility index (Phi) is 5.35. The average Bonchev–Trinajstić information content (AvgIpc) is 3.25. The lowest BCUT2D eigenvalue weighted by atomic mass is 9.82. The van der Waals surface area contributed by atoms with Crippen molar-refractivity contribution in [3.8, 4) is 11.1 Å². The van der Waals surface area contributed by atoms with E-state index in [1.807, 2.05) is 17.2 Å². The van der Waals surface area contributed by atoms with E-state index in [9.17, 15) is 4.79 Å². The summed E-state index contributed by atoms with van der Waals surface area (Å²) in [6.45, 7) is 2.54. The Labute approximate surface area is 217 Å². The van der Waals surface area contributed by atoms with Crippen LogP contribution in [0.15, 0.2) is 85.1 Å². The van der Waals surface area contributed by atoms with Gasteiger partial charge in [0.1, 0.15) is 6.61 Å². The molecule has 1 saturated heterocycles. The number of hydrogen-bond acceptors (Lipinski definition) is 3. The van der Waals surface area contributed by atoms with Gasteiger partial charge in [-0.2, -0.15) is 0 Å². The van der Waals surface area contributed by atoms with Crippen molar-refractivity contribution in [3.63, 3.8) is 0 Å². The number of fused-ring (bicyclic) bond motifs is 6. The minimum absolute atomic E-state index is 0.0805. The van der Waals surface area contributed by atoms with Crippen molar-refractivity contribution in [2.24, 2.45) is 0 Å². The molecule has 3 heterocycles. The third-order valence-electron chi connectivity index (χ3n) is 8.56. The first-order valence-electron chi connectivity index (χ1n) is 13.4. The van der Waals surface area contributed by atoms with E-state index < -0.39 is 0 Å². The standard InChI is InChI=1S/C33H30N2O2/c1-21-26(16-15-22-8-7-17-34-32(21)22)23-18-24-9-6-10-25(19-23)35(24)33(36)37-20-31-29-13-4-2-11-27(29)28-12-3-5-14-30(28)31/h2-5,7-8,11-18,24-25,31H,6,9-10,19-20H2,1H3. The van der Waals surface area contributed by atoms with Gasteiger partial charge in [0, 0.05) is 23.5 Å². The van der Waals surface area contributed by atoms with Gasteiger partial charge in [-0.15, -0.1) is 0 Å². The first kappa shape index (κ1) is 22.3. The number of hydrogen-bond donors (Lipinski definition) is 0. The van der Waals surface area contributed by atoms with E-state index in [2.05, 4.69) is 84.7 Å². The minimum atomic E-state index is -0.177. The fourth-order valence-electron chi connectivity index (χ4n) is 6.82. The average molecular weight is 487 g/mol. The topological polar surface area (TPSA) is 42.4 Å². The molecule has 1 aliphatic carbocycles. The highest BCUT2D eigenvalue weighted by Gasteiger charge is 2.39. The number of aromatic nitrogens is 1. The zero-order chi connectivity index (χ0) is 24.9. The fourth-order valence-corrected chi connectivity index (χ4v) is 6.82. The summed E-state index contributed by atoms with van der Waals surface area (Å²) in [5, 5.41) is 1.17. The number of amides is 1. The summed E-state index contributed by atoms with van der Waals surface area (Å²) in [6, 6.07) is 25.7. The summed E-state index contributed by atoms with van der Waals surface area (Å²) in [7, 11) is 0. The molecule has 2 bridgehead atoms. The Morgan fingerprint density at radius 2 is 1.68 bits per heavy atom. The van der Waals surface area contributed by atoms with Crippen molar-refractivity contribution in [2.75, 3.05) is 6.61 Å². The quantitative estimate of drug-likeness (QED) is 0.301. The lowest BCUT2D eigenvalue weighted by Crippen LogP contribution is -2.51. The lowest BCUT2D eigenvalue weighted by Gasteiger charge is -2.44. The van der Waals surface area contributed by atoms with E-state index in [1.165, 1.54) is 44.3 Å². The molecule has 2 aliphatic heterocycles. The molecule has 1 aromatic heterocycles. The molecule has 3 aliphatic rings. The van der Waals surface area contributed by atoms with E-state index in [0.29, 0.717) is 6.61 Å². The Balaban J connectivity index is 1.14. The van der Waals surface area contributed by atoms with Crippen LogP contribution in [0.25, 0.3) is 27.6 Å². The molecule has 4 heteroatoms. The zero-order valence-corrected chi connectivity index (χ0v) is 21.1. The van der Waals surface area contributed by atoms with Crippen LogP contribution in [-0.2, 0) is 4.74 Å². The van der Waals surface area contributed by atoms with Crippen LogP contribution in [0.2, 0.25) is 0 Å². The molecule has 2 atom stereocenters. The molecule has 1 fully saturated rings. The van der Waals surface area contributed by atoms with Gasteiger partial charge in [0.15, 0.2) is 0 Å². The number of pyridine rings is 1. The molecular weight excluding hydrogens is 456 g/mol. The van der Waals surface area contributed by atoms with Crippen molar-refractivity contribution in [1.82, 2.24) is 9.88 Å². The number of aryl methyl sites for hydroxylation is 1. The largest absolute Gasteiger partial charge is 0.448 e. The molecule has 0 N–H and O–H groups in total. The highest BCUT2D eigenvalue weighted by molar-refractivity contribution is 5.88. The van der Waals surface area contributed by atoms with Gasteiger partial charge in [-0.3, -0.25) is 9.88 Å². The van der Waals surface area contributed by atoms with Gasteiger partial charge in [0.2, 0.25) is 0 Å². The van der Waals surface area contributed by atoms with Crippen LogP contribution < -0.4 is 0 Å². The maximum Gasteiger partial charge on any atom is 0.410 e. The number of carbonyl (C=O) groups is 1. The van der Waals surface area contributed by atoms with Crippen LogP contribution in [0.5, 0.6) is 0 Å². The second kappa shape index (κ2) is 8.88. The Bertz CT molecular complexity index is 1510. The predicted octanol–water partition coefficient (Wildman–Crippen LogP) is 7.50. The van der Waals surface area contributed by atoms with Crippen LogP contribution in [0, 0.1) is 6.92 Å². The van der Waals surface area contributed by atoms with E-state index in [-0.39, 0.29) is 24.1 Å². The molecule has 4 aromatic rings. The van der Waals surface area contributed by atoms with Crippen molar-refractivity contribution in [3.05, 3.63) is 107 Å². The molecule has 4 nitrogen and oxygen atoms in total. The van der Waals surface area contributed by atoms with Gasteiger partial charge in [-0.25, -0.2) is 4.79 Å². The first-order valence-corrected chi connectivity index (χ1v) is 13.4. The van der Waals surface area contributed by atoms with Crippen molar-refractivity contribution in [1.29, 1.82) is 0 Å². The molecule has 37 heavy (non-hydrogen) atoms. The SMILES string of the molecule is Cc1c(C2=CC3CCCC(C2)N3C(=O)OCC2c3ccccc3-c3ccccc32)ccc2cccnc12. The van der Waals surface area contributed by atoms with Gasteiger partial charge in [-0.1, -0.05) is 72.8 Å². The lowest BCUT2D eigenvalue weighted by molar-refractivity contribution is 0.0539. The minimum Gasteiger partial charge on any atom is -0.448 e. The van der Waals surface area contributed by atoms with Gasteiger partial charge in [0.25, 0.3) is 0 Å². The normalized spacial score (nSPS) is 20.4. The van der Waals surface area contributed by atoms with Crippen LogP contribution in [-0.4, -0.2) is 34.7 Å². The summed E-state index contributed by atoms with van der Waals surface area (Å²) < 4.78 is 6.09. The third-order valence-corrected chi connectivity index (χ3v) is 8.56. The van der Waals surface area contributed by atoms with Gasteiger partial charge < -0.3 is 4.74 Å². The van der Waals surface area contributed by atoms with E-state index >= 15 is 0 Å². The summed E-state index contributed by atoms with van der Waals surface area (Å²) in [6.07, 6.45) is 8.00. The number of nitrogens with zero attached hydrogens (tertiary/aromatic N) is 2. The van der Waals surface area contributed by atoms with Crippen molar-refractivity contribution < 1.29 is 9.53 Å². The van der Waals surface area contributed by atoms with Gasteiger partial charge >= 0.3 is 6.09 Å². The molecular formula is C33H30N2O2. The number of benzene rings is 3. The third kappa shape index (κ3) is 3.66. The second-order valence-corrected chi connectivity index (χ2v) is 10.6. The van der Waals surface area contributed by atoms with Crippen LogP contribution in [0.1, 0.15) is 53.9 Å². The Morgan fingerprint density at radius 3 is 2.43 bits per heavy atom. The van der Waals surface area contributed by atoms with E-state index in [4.69, 9.17) is 4.74 Å². The van der Waals surface area contributed by atoms with Crippen molar-refractivity contribution >= 4 is 22.6 Å². The predicted molar refractivity (Wildman–Crippen MR) is 147 cm³/mol.